The Kier molecular flexibility index (Phi) is 12.9. The van der Waals surface area contributed by atoms with Gasteiger partial charge < -0.3 is 34.7 Å². The van der Waals surface area contributed by atoms with Crippen molar-refractivity contribution < 1.29 is 52.9 Å². The molecule has 0 spiro atoms. The molecule has 14 heteroatoms. The number of hydrogen-bond donors (Lipinski definition) is 3. The van der Waals surface area contributed by atoms with Gasteiger partial charge in [0.2, 0.25) is 0 Å². The van der Waals surface area contributed by atoms with Crippen LogP contribution in [0.1, 0.15) is 210 Å². The lowest BCUT2D eigenvalue weighted by atomic mass is 9.64. The number of carbonyl (C=O) groups excluding carboxylic acids is 4. The minimum Gasteiger partial charge on any atom is -0.459 e. The van der Waals surface area contributed by atoms with Gasteiger partial charge in [-0.1, -0.05) is 27.7 Å². The van der Waals surface area contributed by atoms with Crippen LogP contribution in [0.15, 0.2) is 6.07 Å². The number of nitrogens with one attached hydrogen (secondary N) is 1. The lowest BCUT2D eigenvalue weighted by Gasteiger charge is -2.50. The van der Waals surface area contributed by atoms with Crippen molar-refractivity contribution in [2.75, 3.05) is 0 Å². The molecule has 3 N–H and O–H groups in total. The van der Waals surface area contributed by atoms with Gasteiger partial charge in [0.25, 0.3) is 0 Å². The Balaban J connectivity index is 1.67. The van der Waals surface area contributed by atoms with Crippen molar-refractivity contribution in [2.24, 2.45) is 10.8 Å². The fourth-order valence-electron chi connectivity index (χ4n) is 11.9. The number of ether oxygens (including phenoxy) is 4. The predicted molar refractivity (Wildman–Crippen MR) is 227 cm³/mol. The summed E-state index contributed by atoms with van der Waals surface area (Å²) < 4.78 is 41.8. The molecule has 1 aliphatic carbocycles. The fourth-order valence-corrected chi connectivity index (χ4v) is 11.9. The van der Waals surface area contributed by atoms with Crippen molar-refractivity contribution in [3.8, 4) is 0 Å². The van der Waals surface area contributed by atoms with Gasteiger partial charge in [-0.25, -0.2) is 23.6 Å². The van der Waals surface area contributed by atoms with Crippen molar-refractivity contribution in [1.82, 2.24) is 15.4 Å². The summed E-state index contributed by atoms with van der Waals surface area (Å²) in [7, 11) is 0. The van der Waals surface area contributed by atoms with Gasteiger partial charge in [-0.05, 0) is 119 Å². The molecule has 344 valence electrons. The Bertz CT molecular complexity index is 1830. The van der Waals surface area contributed by atoms with E-state index in [0.717, 1.165) is 12.5 Å². The van der Waals surface area contributed by atoms with Crippen molar-refractivity contribution >= 4 is 23.9 Å². The number of nitrogens with zero attached hydrogens (tertiary/aromatic N) is 2. The summed E-state index contributed by atoms with van der Waals surface area (Å²) in [6.07, 6.45) is 0.378. The maximum absolute atomic E-state index is 17.5. The quantitative estimate of drug-likeness (QED) is 0.168. The molecule has 4 aliphatic rings. The first-order chi connectivity index (χ1) is 27.5. The van der Waals surface area contributed by atoms with Gasteiger partial charge in [0, 0.05) is 71.8 Å². The monoisotopic (exact) mass is 860 g/mol. The Labute approximate surface area is 362 Å². The molecular weight excluding hydrogens is 786 g/mol. The Morgan fingerprint density at radius 2 is 0.820 bits per heavy atom. The fraction of sp³-hybridized carbons (Fsp3) is 0.787. The third-order valence-corrected chi connectivity index (χ3v) is 13.1. The van der Waals surface area contributed by atoms with Gasteiger partial charge >= 0.3 is 23.9 Å². The van der Waals surface area contributed by atoms with E-state index in [1.54, 1.807) is 55.4 Å². The SMILES string of the molecule is CC1(C)CC(OC(=O)c2cc(C(=O)OC3CC(C)(C)N(O)C(C)(C)C3)c(C(=O)OC3CC(C)(C)NC(C)(C)C3)c(C(=O)OC3CC(C)(C)N(O)C(C)(C)C3)c2F)CC(C)(C)C1. The molecule has 5 rings (SSSR count). The van der Waals surface area contributed by atoms with E-state index >= 15 is 4.39 Å². The number of hydrogen-bond acceptors (Lipinski definition) is 13. The van der Waals surface area contributed by atoms with Crippen LogP contribution in [-0.4, -0.2) is 102 Å². The average molecular weight is 860 g/mol. The molecule has 3 heterocycles. The highest BCUT2D eigenvalue weighted by Crippen LogP contribution is 2.47. The van der Waals surface area contributed by atoms with Crippen LogP contribution in [0.3, 0.4) is 0 Å². The summed E-state index contributed by atoms with van der Waals surface area (Å²) in [6, 6.07) is 0.941. The second-order valence-corrected chi connectivity index (χ2v) is 24.0. The molecule has 13 nitrogen and oxygen atoms in total. The molecule has 1 saturated carbocycles. The average Bonchev–Trinajstić information content (AvgIpc) is 3.02. The van der Waals surface area contributed by atoms with E-state index in [-0.39, 0.29) is 36.5 Å². The van der Waals surface area contributed by atoms with E-state index in [2.05, 4.69) is 33.0 Å². The molecule has 1 aromatic carbocycles. The number of esters is 4. The van der Waals surface area contributed by atoms with E-state index in [9.17, 15) is 29.6 Å². The van der Waals surface area contributed by atoms with Gasteiger partial charge in [-0.3, -0.25) is 0 Å². The second kappa shape index (κ2) is 16.1. The van der Waals surface area contributed by atoms with E-state index in [1.165, 1.54) is 10.1 Å². The zero-order valence-electron chi connectivity index (χ0n) is 39.7. The second-order valence-electron chi connectivity index (χ2n) is 24.0. The highest BCUT2D eigenvalue weighted by Gasteiger charge is 2.50. The zero-order valence-corrected chi connectivity index (χ0v) is 39.7. The van der Waals surface area contributed by atoms with Crippen molar-refractivity contribution in [3.63, 3.8) is 0 Å². The van der Waals surface area contributed by atoms with Crippen LogP contribution in [-0.2, 0) is 18.9 Å². The van der Waals surface area contributed by atoms with Crippen LogP contribution in [0.4, 0.5) is 4.39 Å². The van der Waals surface area contributed by atoms with Crippen LogP contribution in [0, 0.1) is 16.6 Å². The molecule has 3 aliphatic heterocycles. The van der Waals surface area contributed by atoms with Gasteiger partial charge in [0.1, 0.15) is 30.0 Å². The highest BCUT2D eigenvalue weighted by molar-refractivity contribution is 6.12. The van der Waals surface area contributed by atoms with Crippen LogP contribution in [0.5, 0.6) is 0 Å². The lowest BCUT2D eigenvalue weighted by Crippen LogP contribution is -2.60. The number of halogens is 1. The number of hydroxylamine groups is 4. The Morgan fingerprint density at radius 3 is 1.21 bits per heavy atom. The minimum absolute atomic E-state index is 0.151. The largest absolute Gasteiger partial charge is 0.459 e. The highest BCUT2D eigenvalue weighted by atomic mass is 19.1. The summed E-state index contributed by atoms with van der Waals surface area (Å²) in [5.74, 6) is -6.00. The van der Waals surface area contributed by atoms with E-state index in [1.807, 2.05) is 27.7 Å². The number of piperidine rings is 3. The zero-order chi connectivity index (χ0) is 46.3. The van der Waals surface area contributed by atoms with E-state index < -0.39 is 110 Å². The summed E-state index contributed by atoms with van der Waals surface area (Å²) in [4.78, 5) is 58.4. The summed E-state index contributed by atoms with van der Waals surface area (Å²) >= 11 is 0. The van der Waals surface area contributed by atoms with Crippen LogP contribution in [0.2, 0.25) is 0 Å². The molecule has 3 saturated heterocycles. The maximum Gasteiger partial charge on any atom is 0.342 e. The van der Waals surface area contributed by atoms with Crippen molar-refractivity contribution in [3.05, 3.63) is 34.1 Å². The molecule has 0 aromatic heterocycles. The molecule has 1 aromatic rings. The molecular formula is C47H74FN3O10. The third kappa shape index (κ3) is 11.0. The van der Waals surface area contributed by atoms with E-state index in [0.29, 0.717) is 25.7 Å². The summed E-state index contributed by atoms with van der Waals surface area (Å²) in [5.41, 5.74) is -7.65. The van der Waals surface area contributed by atoms with Gasteiger partial charge in [0.15, 0.2) is 5.82 Å². The first-order valence-electron chi connectivity index (χ1n) is 21.9. The topological polar surface area (TPSA) is 164 Å². The van der Waals surface area contributed by atoms with Gasteiger partial charge in [-0.2, -0.15) is 10.1 Å². The molecule has 61 heavy (non-hydrogen) atoms. The van der Waals surface area contributed by atoms with Gasteiger partial charge in [0.05, 0.1) is 16.7 Å². The molecule has 0 radical (unpaired) electrons. The van der Waals surface area contributed by atoms with E-state index in [4.69, 9.17) is 18.9 Å². The Hall–Kier alpha value is -3.17. The minimum atomic E-state index is -1.38. The molecule has 0 bridgehead atoms. The first-order valence-corrected chi connectivity index (χ1v) is 21.9. The normalized spacial score (nSPS) is 26.2. The lowest BCUT2D eigenvalue weighted by molar-refractivity contribution is -0.256. The number of carbonyl (C=O) groups is 4. The summed E-state index contributed by atoms with van der Waals surface area (Å²) in [6.45, 7) is 30.5. The maximum atomic E-state index is 17.5. The van der Waals surface area contributed by atoms with Crippen molar-refractivity contribution in [2.45, 2.75) is 226 Å². The first kappa shape index (κ1) is 48.9. The Morgan fingerprint density at radius 1 is 0.508 bits per heavy atom. The summed E-state index contributed by atoms with van der Waals surface area (Å²) in [5, 5.41) is 27.9. The predicted octanol–water partition coefficient (Wildman–Crippen LogP) is 9.19. The standard InChI is InChI=1S/C47H74FN3O10/c1-40(2)18-27(19-41(3,4)26-40)58-37(53)32-17-31(36(52)59-29-22-44(9,10)50(56)45(11,12)23-29)33(38(54)60-28-20-42(5,6)49-43(7,8)21-28)34(35(32)48)39(55)61-30-24-46(13,14)51(57)47(15,16)25-30/h17,27-30,49,56-57H,18-26H2,1-16H3. The van der Waals surface area contributed by atoms with Crippen LogP contribution in [0.25, 0.3) is 0 Å². The molecule has 0 amide bonds. The molecule has 4 fully saturated rings. The number of benzene rings is 1. The third-order valence-electron chi connectivity index (χ3n) is 13.1. The molecule has 0 unspecified atom stereocenters. The van der Waals surface area contributed by atoms with Crippen LogP contribution < -0.4 is 5.32 Å². The van der Waals surface area contributed by atoms with Crippen LogP contribution >= 0.6 is 0 Å². The molecule has 0 atom stereocenters. The van der Waals surface area contributed by atoms with Crippen molar-refractivity contribution in [1.29, 1.82) is 0 Å². The number of rotatable bonds is 8. The smallest absolute Gasteiger partial charge is 0.342 e. The van der Waals surface area contributed by atoms with Gasteiger partial charge in [-0.15, -0.1) is 0 Å².